The number of methoxy groups -OCH3 is 1. The molecule has 0 bridgehead atoms. The number of hydrogen-bond donors (Lipinski definition) is 3. The van der Waals surface area contributed by atoms with Crippen LogP contribution in [-0.2, 0) is 0 Å². The first-order valence-electron chi connectivity index (χ1n) is 3.94. The Morgan fingerprint density at radius 1 is 1.29 bits per heavy atom. The highest BCUT2D eigenvalue weighted by atomic mass is 16.5. The van der Waals surface area contributed by atoms with Gasteiger partial charge < -0.3 is 21.3 Å². The van der Waals surface area contributed by atoms with E-state index >= 15 is 0 Å². The standard InChI is InChI=1S/C7H9NO.C2H5N.CH3N/c1-9-7-4-2-6(8)3-5-7;1-2-3;1-2/h2-5H,8H2,1H3;2-3H,1H3;2H,1H2. The Kier molecular flexibility index (Phi) is 11.7. The maximum atomic E-state index is 6.08. The van der Waals surface area contributed by atoms with Crippen molar-refractivity contribution in [3.8, 4) is 5.75 Å². The summed E-state index contributed by atoms with van der Waals surface area (Å²) in [5.74, 6) is 0.837. The Labute approximate surface area is 84.7 Å². The molecule has 0 saturated heterocycles. The summed E-state index contributed by atoms with van der Waals surface area (Å²) in [6.45, 7) is 4.17. The maximum Gasteiger partial charge on any atom is 0.119 e. The van der Waals surface area contributed by atoms with E-state index < -0.39 is 0 Å². The normalized spacial score (nSPS) is 7.00. The minimum atomic E-state index is 0.760. The van der Waals surface area contributed by atoms with Crippen LogP contribution in [0.1, 0.15) is 6.92 Å². The molecule has 0 saturated carbocycles. The van der Waals surface area contributed by atoms with Gasteiger partial charge in [0.15, 0.2) is 0 Å². The summed E-state index contributed by atoms with van der Waals surface area (Å²) in [6.07, 6.45) is 1.25. The lowest BCUT2D eigenvalue weighted by Gasteiger charge is -1.97. The predicted octanol–water partition coefficient (Wildman–Crippen LogP) is 2.20. The van der Waals surface area contributed by atoms with Gasteiger partial charge in [0, 0.05) is 5.69 Å². The smallest absolute Gasteiger partial charge is 0.119 e. The molecule has 0 spiro atoms. The van der Waals surface area contributed by atoms with Gasteiger partial charge in [-0.15, -0.1) is 0 Å². The second-order valence-electron chi connectivity index (χ2n) is 2.06. The fourth-order valence-electron chi connectivity index (χ4n) is 0.604. The van der Waals surface area contributed by atoms with Gasteiger partial charge >= 0.3 is 0 Å². The van der Waals surface area contributed by atoms with Crippen LogP contribution in [0.25, 0.3) is 0 Å². The molecule has 0 radical (unpaired) electrons. The molecule has 78 valence electrons. The summed E-state index contributed by atoms with van der Waals surface area (Å²) in [5, 5.41) is 11.6. The van der Waals surface area contributed by atoms with Crippen molar-refractivity contribution in [3.63, 3.8) is 0 Å². The first kappa shape index (κ1) is 14.7. The molecule has 1 aromatic rings. The van der Waals surface area contributed by atoms with Crippen LogP contribution in [0, 0.1) is 10.8 Å². The van der Waals surface area contributed by atoms with Gasteiger partial charge in [-0.3, -0.25) is 0 Å². The molecule has 0 unspecified atom stereocenters. The van der Waals surface area contributed by atoms with Crippen molar-refractivity contribution >= 4 is 18.6 Å². The van der Waals surface area contributed by atoms with Crippen molar-refractivity contribution in [1.29, 1.82) is 10.8 Å². The molecule has 0 atom stereocenters. The van der Waals surface area contributed by atoms with Crippen LogP contribution in [0.4, 0.5) is 5.69 Å². The summed E-state index contributed by atoms with van der Waals surface area (Å²) in [7, 11) is 1.63. The molecule has 0 aliphatic rings. The van der Waals surface area contributed by atoms with E-state index in [0.29, 0.717) is 0 Å². The Morgan fingerprint density at radius 2 is 1.64 bits per heavy atom. The van der Waals surface area contributed by atoms with E-state index in [-0.39, 0.29) is 0 Å². The molecular weight excluding hydrogens is 178 g/mol. The molecule has 0 heterocycles. The average molecular weight is 195 g/mol. The molecule has 1 aromatic carbocycles. The zero-order valence-corrected chi connectivity index (χ0v) is 8.58. The number of benzene rings is 1. The highest BCUT2D eigenvalue weighted by Gasteiger charge is 1.86. The third-order valence-electron chi connectivity index (χ3n) is 1.12. The monoisotopic (exact) mass is 195 g/mol. The van der Waals surface area contributed by atoms with Gasteiger partial charge in [-0.05, 0) is 44.1 Å². The van der Waals surface area contributed by atoms with Gasteiger partial charge in [-0.2, -0.15) is 0 Å². The number of ether oxygens (including phenoxy) is 1. The number of nitrogens with one attached hydrogen (secondary N) is 2. The number of hydrogen-bond acceptors (Lipinski definition) is 4. The Balaban J connectivity index is 0. The van der Waals surface area contributed by atoms with E-state index in [9.17, 15) is 0 Å². The summed E-state index contributed by atoms with van der Waals surface area (Å²) in [4.78, 5) is 0. The van der Waals surface area contributed by atoms with Crippen molar-refractivity contribution in [2.75, 3.05) is 12.8 Å². The SMILES string of the molecule is C=N.CC=N.COc1ccc(N)cc1. The van der Waals surface area contributed by atoms with E-state index in [1.807, 2.05) is 12.1 Å². The lowest BCUT2D eigenvalue weighted by molar-refractivity contribution is 0.415. The van der Waals surface area contributed by atoms with Crippen molar-refractivity contribution in [2.24, 2.45) is 0 Å². The van der Waals surface area contributed by atoms with Crippen LogP contribution in [0.3, 0.4) is 0 Å². The summed E-state index contributed by atoms with van der Waals surface area (Å²) < 4.78 is 4.91. The van der Waals surface area contributed by atoms with Crippen LogP contribution >= 0.6 is 0 Å². The molecule has 4 nitrogen and oxygen atoms in total. The molecule has 0 aromatic heterocycles. The van der Waals surface area contributed by atoms with Crippen LogP contribution in [0.2, 0.25) is 0 Å². The third-order valence-corrected chi connectivity index (χ3v) is 1.12. The highest BCUT2D eigenvalue weighted by Crippen LogP contribution is 2.11. The van der Waals surface area contributed by atoms with E-state index in [0.717, 1.165) is 11.4 Å². The van der Waals surface area contributed by atoms with Crippen LogP contribution < -0.4 is 10.5 Å². The largest absolute Gasteiger partial charge is 0.497 e. The lowest BCUT2D eigenvalue weighted by atomic mass is 10.3. The second kappa shape index (κ2) is 11.2. The number of rotatable bonds is 1. The minimum Gasteiger partial charge on any atom is -0.497 e. The molecule has 1 rings (SSSR count). The second-order valence-corrected chi connectivity index (χ2v) is 2.06. The minimum absolute atomic E-state index is 0.760. The van der Waals surface area contributed by atoms with Gasteiger partial charge in [0.2, 0.25) is 0 Å². The van der Waals surface area contributed by atoms with Crippen molar-refractivity contribution < 1.29 is 4.74 Å². The quantitative estimate of drug-likeness (QED) is 0.474. The van der Waals surface area contributed by atoms with Crippen LogP contribution in [-0.4, -0.2) is 20.0 Å². The summed E-state index contributed by atoms with van der Waals surface area (Å²) in [5.41, 5.74) is 6.19. The molecule has 4 N–H and O–H groups in total. The first-order chi connectivity index (χ1) is 6.74. The highest BCUT2D eigenvalue weighted by molar-refractivity contribution is 5.48. The van der Waals surface area contributed by atoms with Gasteiger partial charge in [-0.25, -0.2) is 0 Å². The molecule has 0 fully saturated rings. The van der Waals surface area contributed by atoms with Crippen LogP contribution in [0.5, 0.6) is 5.75 Å². The zero-order chi connectivity index (χ0) is 11.4. The van der Waals surface area contributed by atoms with Gasteiger partial charge in [0.05, 0.1) is 7.11 Å². The van der Waals surface area contributed by atoms with E-state index in [4.69, 9.17) is 21.3 Å². The molecule has 0 aliphatic carbocycles. The molecule has 0 aliphatic heterocycles. The van der Waals surface area contributed by atoms with Crippen molar-refractivity contribution in [1.82, 2.24) is 0 Å². The lowest BCUT2D eigenvalue weighted by Crippen LogP contribution is -1.84. The van der Waals surface area contributed by atoms with Crippen molar-refractivity contribution in [2.45, 2.75) is 6.92 Å². The predicted molar refractivity (Wildman–Crippen MR) is 61.7 cm³/mol. The molecule has 0 amide bonds. The number of nitrogen functional groups attached to an aromatic ring is 1. The first-order valence-corrected chi connectivity index (χ1v) is 3.94. The number of anilines is 1. The summed E-state index contributed by atoms with van der Waals surface area (Å²) in [6, 6.07) is 7.27. The van der Waals surface area contributed by atoms with E-state index in [1.54, 1.807) is 26.2 Å². The Bertz CT molecular complexity index is 234. The fourth-order valence-corrected chi connectivity index (χ4v) is 0.604. The molecular formula is C10H17N3O. The molecule has 4 heteroatoms. The van der Waals surface area contributed by atoms with E-state index in [1.165, 1.54) is 6.21 Å². The third kappa shape index (κ3) is 8.26. The van der Waals surface area contributed by atoms with Gasteiger partial charge in [-0.1, -0.05) is 0 Å². The number of nitrogens with two attached hydrogens (primary N) is 1. The topological polar surface area (TPSA) is 83.0 Å². The Hall–Kier alpha value is -1.84. The Morgan fingerprint density at radius 3 is 1.93 bits per heavy atom. The summed E-state index contributed by atoms with van der Waals surface area (Å²) >= 11 is 0. The van der Waals surface area contributed by atoms with Gasteiger partial charge in [0.1, 0.15) is 5.75 Å². The molecule has 14 heavy (non-hydrogen) atoms. The zero-order valence-electron chi connectivity index (χ0n) is 8.58. The van der Waals surface area contributed by atoms with Gasteiger partial charge in [0.25, 0.3) is 0 Å². The fraction of sp³-hybridized carbons (Fsp3) is 0.200. The maximum absolute atomic E-state index is 6.08. The van der Waals surface area contributed by atoms with Crippen molar-refractivity contribution in [3.05, 3.63) is 24.3 Å². The van der Waals surface area contributed by atoms with Crippen LogP contribution in [0.15, 0.2) is 24.3 Å². The van der Waals surface area contributed by atoms with E-state index in [2.05, 4.69) is 6.72 Å². The average Bonchev–Trinajstić information content (AvgIpc) is 2.23.